The fraction of sp³-hybridized carbons (Fsp3) is 0.750. The van der Waals surface area contributed by atoms with Gasteiger partial charge in [-0.05, 0) is 0 Å². The van der Waals surface area contributed by atoms with Crippen molar-refractivity contribution in [1.82, 2.24) is 10.6 Å². The summed E-state index contributed by atoms with van der Waals surface area (Å²) in [5.74, 6) is 0.224. The third-order valence-corrected chi connectivity index (χ3v) is 5.06. The first-order valence-electron chi connectivity index (χ1n) is 4.32. The normalized spacial score (nSPS) is 7.60. The van der Waals surface area contributed by atoms with Crippen LogP contribution in [0.15, 0.2) is 0 Å². The molecule has 0 aliphatic rings. The van der Waals surface area contributed by atoms with Crippen LogP contribution in [0.3, 0.4) is 0 Å². The van der Waals surface area contributed by atoms with Crippen molar-refractivity contribution in [3.63, 3.8) is 0 Å². The zero-order valence-electron chi connectivity index (χ0n) is 8.90. The third-order valence-electron chi connectivity index (χ3n) is 1.62. The number of amides is 2. The van der Waals surface area contributed by atoms with Crippen LogP contribution in [-0.2, 0) is 9.59 Å². The van der Waals surface area contributed by atoms with E-state index < -0.39 is 21.1 Å². The molecule has 0 radical (unpaired) electrons. The van der Waals surface area contributed by atoms with Gasteiger partial charge in [-0.3, -0.25) is 0 Å². The van der Waals surface area contributed by atoms with Gasteiger partial charge in [0.05, 0.1) is 0 Å². The van der Waals surface area contributed by atoms with Gasteiger partial charge >= 0.3 is 89.0 Å². The molecule has 0 aromatic heterocycles. The molecular formula is C8H16Cl2N2O2Sn. The van der Waals surface area contributed by atoms with Crippen molar-refractivity contribution in [3.05, 3.63) is 0 Å². The van der Waals surface area contributed by atoms with E-state index in [9.17, 15) is 9.59 Å². The summed E-state index contributed by atoms with van der Waals surface area (Å²) in [5, 5.41) is 5.17. The number of rotatable bonds is 6. The van der Waals surface area contributed by atoms with Crippen LogP contribution in [0.5, 0.6) is 0 Å². The first-order valence-corrected chi connectivity index (χ1v) is 8.36. The molecule has 0 rings (SSSR count). The fourth-order valence-electron chi connectivity index (χ4n) is 0.779. The van der Waals surface area contributed by atoms with Gasteiger partial charge in [-0.15, -0.1) is 0 Å². The SMILES string of the molecule is CNC(=O)C[CH2][Sn+2][CH2]CC(=O)NC.[Cl-].[Cl-]. The maximum absolute atomic E-state index is 10.8. The molecule has 88 valence electrons. The van der Waals surface area contributed by atoms with Gasteiger partial charge in [0, 0.05) is 0 Å². The Morgan fingerprint density at radius 1 is 0.933 bits per heavy atom. The zero-order valence-corrected chi connectivity index (χ0v) is 13.3. The Balaban J connectivity index is -0.000000720. The Kier molecular flexibility index (Phi) is 19.8. The average molecular weight is 362 g/mol. The minimum Gasteiger partial charge on any atom is -1.00 e. The van der Waals surface area contributed by atoms with E-state index >= 15 is 0 Å². The first kappa shape index (κ1) is 20.7. The first-order chi connectivity index (χ1) is 6.20. The molecule has 15 heavy (non-hydrogen) atoms. The summed E-state index contributed by atoms with van der Waals surface area (Å²) < 4.78 is 2.06. The molecule has 0 saturated heterocycles. The number of nitrogens with one attached hydrogen (secondary N) is 2. The van der Waals surface area contributed by atoms with Crippen molar-refractivity contribution in [1.29, 1.82) is 0 Å². The van der Waals surface area contributed by atoms with Gasteiger partial charge in [-0.1, -0.05) is 0 Å². The standard InChI is InChI=1S/2C4H8NO.2ClH.Sn/c2*1-3-4(6)5-2;;;/h2*1,3H2,2H3,(H,5,6);2*1H;/q;;;;+2/p-2. The summed E-state index contributed by atoms with van der Waals surface area (Å²) in [6.07, 6.45) is 1.27. The predicted octanol–water partition coefficient (Wildman–Crippen LogP) is -6.19. The second-order valence-electron chi connectivity index (χ2n) is 2.60. The monoisotopic (exact) mass is 362 g/mol. The summed E-state index contributed by atoms with van der Waals surface area (Å²) in [6.45, 7) is 0. The summed E-state index contributed by atoms with van der Waals surface area (Å²) in [5.41, 5.74) is 0. The van der Waals surface area contributed by atoms with Crippen LogP contribution in [0.2, 0.25) is 8.87 Å². The van der Waals surface area contributed by atoms with E-state index in [4.69, 9.17) is 0 Å². The molecule has 0 atom stereocenters. The second kappa shape index (κ2) is 14.3. The van der Waals surface area contributed by atoms with Crippen LogP contribution in [-0.4, -0.2) is 47.1 Å². The molecule has 0 saturated carbocycles. The van der Waals surface area contributed by atoms with Gasteiger partial charge in [-0.2, -0.15) is 0 Å². The minimum atomic E-state index is -0.471. The summed E-state index contributed by atoms with van der Waals surface area (Å²) in [7, 11) is 3.30. The Morgan fingerprint density at radius 2 is 1.27 bits per heavy atom. The maximum atomic E-state index is 10.8. The van der Waals surface area contributed by atoms with Crippen molar-refractivity contribution in [2.24, 2.45) is 0 Å². The van der Waals surface area contributed by atoms with Crippen LogP contribution >= 0.6 is 0 Å². The van der Waals surface area contributed by atoms with E-state index in [1.807, 2.05) is 0 Å². The van der Waals surface area contributed by atoms with Gasteiger partial charge < -0.3 is 24.8 Å². The van der Waals surface area contributed by atoms with Crippen molar-refractivity contribution < 1.29 is 34.4 Å². The smallest absolute Gasteiger partial charge is 1.00 e. The van der Waals surface area contributed by atoms with E-state index in [1.54, 1.807) is 14.1 Å². The van der Waals surface area contributed by atoms with Crippen LogP contribution in [0.4, 0.5) is 0 Å². The molecule has 0 aromatic carbocycles. The van der Waals surface area contributed by atoms with E-state index in [0.29, 0.717) is 12.8 Å². The van der Waals surface area contributed by atoms with Crippen molar-refractivity contribution in [2.45, 2.75) is 21.7 Å². The zero-order chi connectivity index (χ0) is 10.1. The van der Waals surface area contributed by atoms with E-state index in [2.05, 4.69) is 10.6 Å². The summed E-state index contributed by atoms with van der Waals surface area (Å²) in [6, 6.07) is 0. The van der Waals surface area contributed by atoms with Crippen molar-refractivity contribution in [2.75, 3.05) is 14.1 Å². The molecular weight excluding hydrogens is 346 g/mol. The number of halogens is 2. The van der Waals surface area contributed by atoms with Crippen molar-refractivity contribution >= 4 is 33.0 Å². The average Bonchev–Trinajstić information content (AvgIpc) is 2.16. The summed E-state index contributed by atoms with van der Waals surface area (Å²) in [4.78, 5) is 21.6. The van der Waals surface area contributed by atoms with Crippen LogP contribution in [0, 0.1) is 0 Å². The van der Waals surface area contributed by atoms with Crippen molar-refractivity contribution in [3.8, 4) is 0 Å². The number of carbonyl (C=O) groups is 2. The topological polar surface area (TPSA) is 58.2 Å². The molecule has 0 unspecified atom stereocenters. The Morgan fingerprint density at radius 3 is 1.53 bits per heavy atom. The van der Waals surface area contributed by atoms with E-state index in [1.165, 1.54) is 0 Å². The largest absolute Gasteiger partial charge is 1.00 e. The molecule has 0 spiro atoms. The molecule has 0 aliphatic heterocycles. The quantitative estimate of drug-likeness (QED) is 0.365. The number of hydrogen-bond acceptors (Lipinski definition) is 2. The second-order valence-corrected chi connectivity index (χ2v) is 6.88. The minimum absolute atomic E-state index is 0. The molecule has 2 amide bonds. The van der Waals surface area contributed by atoms with Gasteiger partial charge in [-0.25, -0.2) is 0 Å². The predicted molar refractivity (Wildman–Crippen MR) is 52.7 cm³/mol. The van der Waals surface area contributed by atoms with E-state index in [0.717, 1.165) is 8.87 Å². The molecule has 0 aromatic rings. The third kappa shape index (κ3) is 14.3. The van der Waals surface area contributed by atoms with Crippen LogP contribution in [0.1, 0.15) is 12.8 Å². The molecule has 0 fully saturated rings. The van der Waals surface area contributed by atoms with Gasteiger partial charge in [0.1, 0.15) is 0 Å². The molecule has 7 heteroatoms. The fourth-order valence-corrected chi connectivity index (χ4v) is 3.80. The Labute approximate surface area is 113 Å². The van der Waals surface area contributed by atoms with Gasteiger partial charge in [0.2, 0.25) is 0 Å². The Hall–Kier alpha value is 0.319. The maximum Gasteiger partial charge on any atom is -1.00 e. The number of carbonyl (C=O) groups excluding carboxylic acids is 2. The van der Waals surface area contributed by atoms with Gasteiger partial charge in [0.15, 0.2) is 0 Å². The Bertz CT molecular complexity index is 164. The van der Waals surface area contributed by atoms with Gasteiger partial charge in [0.25, 0.3) is 0 Å². The van der Waals surface area contributed by atoms with E-state index in [-0.39, 0.29) is 36.6 Å². The summed E-state index contributed by atoms with van der Waals surface area (Å²) >= 11 is -0.471. The number of hydrogen-bond donors (Lipinski definition) is 2. The molecule has 2 N–H and O–H groups in total. The molecule has 4 nitrogen and oxygen atoms in total. The van der Waals surface area contributed by atoms with Crippen LogP contribution in [0.25, 0.3) is 0 Å². The molecule has 0 heterocycles. The molecule has 0 aliphatic carbocycles. The molecule has 0 bridgehead atoms. The van der Waals surface area contributed by atoms with Crippen LogP contribution < -0.4 is 35.4 Å².